The minimum absolute atomic E-state index is 0.138. The van der Waals surface area contributed by atoms with Crippen molar-refractivity contribution in [2.75, 3.05) is 6.54 Å². The highest BCUT2D eigenvalue weighted by molar-refractivity contribution is 5.82. The third kappa shape index (κ3) is 3.35. The van der Waals surface area contributed by atoms with Crippen LogP contribution < -0.4 is 10.1 Å². The molecule has 1 aromatic carbocycles. The molecule has 0 radical (unpaired) electrons. The number of ether oxygens (including phenoxy) is 1. The van der Waals surface area contributed by atoms with Gasteiger partial charge in [-0.1, -0.05) is 29.4 Å². The first-order chi connectivity index (χ1) is 12.3. The summed E-state index contributed by atoms with van der Waals surface area (Å²) in [5.74, 6) is 1.54. The number of pyridine rings is 1. The molecule has 3 aromatic rings. The Morgan fingerprint density at radius 3 is 2.92 bits per heavy atom. The summed E-state index contributed by atoms with van der Waals surface area (Å²) in [6.45, 7) is 0.402. The zero-order valence-corrected chi connectivity index (χ0v) is 13.4. The minimum Gasteiger partial charge on any atom is -0.480 e. The van der Waals surface area contributed by atoms with Gasteiger partial charge in [-0.3, -0.25) is 9.78 Å². The van der Waals surface area contributed by atoms with Gasteiger partial charge in [-0.05, 0) is 23.8 Å². The number of aromatic nitrogens is 3. The van der Waals surface area contributed by atoms with E-state index in [4.69, 9.17) is 9.26 Å². The number of nitrogens with one attached hydrogen (secondary N) is 1. The first kappa shape index (κ1) is 15.3. The Morgan fingerprint density at radius 1 is 1.20 bits per heavy atom. The monoisotopic (exact) mass is 336 g/mol. The largest absolute Gasteiger partial charge is 0.480 e. The maximum atomic E-state index is 12.2. The molecule has 0 bridgehead atoms. The normalized spacial score (nSPS) is 15.4. The van der Waals surface area contributed by atoms with E-state index >= 15 is 0 Å². The molecular weight excluding hydrogens is 320 g/mol. The van der Waals surface area contributed by atoms with E-state index in [0.717, 1.165) is 11.3 Å². The second-order valence-electron chi connectivity index (χ2n) is 5.69. The third-order valence-corrected chi connectivity index (χ3v) is 3.94. The van der Waals surface area contributed by atoms with E-state index in [1.165, 1.54) is 0 Å². The van der Waals surface area contributed by atoms with E-state index in [-0.39, 0.29) is 5.91 Å². The predicted molar refractivity (Wildman–Crippen MR) is 88.8 cm³/mol. The number of carbonyl (C=O) groups excluding carboxylic acids is 1. The number of fused-ring (bicyclic) bond motifs is 1. The van der Waals surface area contributed by atoms with Gasteiger partial charge in [0.25, 0.3) is 5.91 Å². The summed E-state index contributed by atoms with van der Waals surface area (Å²) in [5.41, 5.74) is 1.71. The Balaban J connectivity index is 1.29. The van der Waals surface area contributed by atoms with E-state index in [2.05, 4.69) is 20.4 Å². The quantitative estimate of drug-likeness (QED) is 0.764. The van der Waals surface area contributed by atoms with E-state index in [1.807, 2.05) is 42.5 Å². The summed E-state index contributed by atoms with van der Waals surface area (Å²) in [6.07, 6.45) is 2.23. The summed E-state index contributed by atoms with van der Waals surface area (Å²) in [5, 5.41) is 6.75. The molecule has 0 spiro atoms. The van der Waals surface area contributed by atoms with Crippen molar-refractivity contribution in [1.29, 1.82) is 0 Å². The maximum absolute atomic E-state index is 12.2. The van der Waals surface area contributed by atoms with Crippen LogP contribution in [0.1, 0.15) is 11.5 Å². The van der Waals surface area contributed by atoms with Gasteiger partial charge >= 0.3 is 0 Å². The van der Waals surface area contributed by atoms with Gasteiger partial charge in [0.2, 0.25) is 11.7 Å². The zero-order valence-electron chi connectivity index (χ0n) is 13.4. The van der Waals surface area contributed by atoms with Gasteiger partial charge in [0.15, 0.2) is 6.10 Å². The average Bonchev–Trinajstić information content (AvgIpc) is 3.29. The fourth-order valence-electron chi connectivity index (χ4n) is 2.69. The predicted octanol–water partition coefficient (Wildman–Crippen LogP) is 1.79. The van der Waals surface area contributed by atoms with Crippen LogP contribution in [0.4, 0.5) is 0 Å². The fourth-order valence-corrected chi connectivity index (χ4v) is 2.69. The topological polar surface area (TPSA) is 90.1 Å². The highest BCUT2D eigenvalue weighted by atomic mass is 16.5. The Hall–Kier alpha value is -3.22. The van der Waals surface area contributed by atoms with Crippen LogP contribution in [0.25, 0.3) is 11.5 Å². The van der Waals surface area contributed by atoms with Crippen molar-refractivity contribution in [2.45, 2.75) is 18.9 Å². The molecule has 2 aromatic heterocycles. The second kappa shape index (κ2) is 6.72. The van der Waals surface area contributed by atoms with Crippen molar-refractivity contribution in [3.05, 3.63) is 60.1 Å². The molecule has 25 heavy (non-hydrogen) atoms. The Morgan fingerprint density at radius 2 is 2.08 bits per heavy atom. The number of rotatable bonds is 5. The van der Waals surface area contributed by atoms with Crippen LogP contribution in [-0.2, 0) is 17.6 Å². The molecule has 126 valence electrons. The maximum Gasteiger partial charge on any atom is 0.261 e. The Kier molecular flexibility index (Phi) is 4.12. The molecule has 0 aliphatic carbocycles. The summed E-state index contributed by atoms with van der Waals surface area (Å²) < 4.78 is 10.9. The molecule has 0 saturated heterocycles. The standard InChI is InChI=1S/C18H16N4O3/c23-18(15-11-12-5-1-2-7-14(12)24-15)20-10-8-16-21-17(22-25-16)13-6-3-4-9-19-13/h1-7,9,15H,8,10-11H2,(H,20,23)/t15-/m0/s1. The summed E-state index contributed by atoms with van der Waals surface area (Å²) in [6, 6.07) is 13.2. The zero-order chi connectivity index (χ0) is 17.1. The first-order valence-electron chi connectivity index (χ1n) is 8.06. The molecule has 0 fully saturated rings. The van der Waals surface area contributed by atoms with Crippen LogP contribution in [0.15, 0.2) is 53.2 Å². The van der Waals surface area contributed by atoms with Crippen molar-refractivity contribution in [1.82, 2.24) is 20.4 Å². The highest BCUT2D eigenvalue weighted by Gasteiger charge is 2.28. The lowest BCUT2D eigenvalue weighted by Gasteiger charge is -2.10. The summed E-state index contributed by atoms with van der Waals surface area (Å²) >= 11 is 0. The number of hydrogen-bond acceptors (Lipinski definition) is 6. The molecule has 1 aliphatic heterocycles. The van der Waals surface area contributed by atoms with Crippen LogP contribution in [0, 0.1) is 0 Å². The number of carbonyl (C=O) groups is 1. The van der Waals surface area contributed by atoms with Crippen LogP contribution in [0.2, 0.25) is 0 Å². The number of amides is 1. The van der Waals surface area contributed by atoms with Crippen molar-refractivity contribution in [2.24, 2.45) is 0 Å². The average molecular weight is 336 g/mol. The molecule has 7 nitrogen and oxygen atoms in total. The van der Waals surface area contributed by atoms with E-state index in [9.17, 15) is 4.79 Å². The molecule has 1 N–H and O–H groups in total. The van der Waals surface area contributed by atoms with Crippen LogP contribution in [-0.4, -0.2) is 33.7 Å². The smallest absolute Gasteiger partial charge is 0.261 e. The van der Waals surface area contributed by atoms with E-state index in [1.54, 1.807) is 6.20 Å². The van der Waals surface area contributed by atoms with Gasteiger partial charge in [0.05, 0.1) is 0 Å². The van der Waals surface area contributed by atoms with Crippen molar-refractivity contribution < 1.29 is 14.1 Å². The summed E-state index contributed by atoms with van der Waals surface area (Å²) in [4.78, 5) is 20.7. The molecule has 1 amide bonds. The molecule has 1 atom stereocenters. The van der Waals surface area contributed by atoms with Crippen molar-refractivity contribution >= 4 is 5.91 Å². The van der Waals surface area contributed by atoms with Gasteiger partial charge in [-0.2, -0.15) is 4.98 Å². The number of para-hydroxylation sites is 1. The lowest BCUT2D eigenvalue weighted by Crippen LogP contribution is -2.38. The SMILES string of the molecule is O=C(NCCc1nc(-c2ccccn2)no1)[C@@H]1Cc2ccccc2O1. The summed E-state index contributed by atoms with van der Waals surface area (Å²) in [7, 11) is 0. The lowest BCUT2D eigenvalue weighted by atomic mass is 10.1. The number of hydrogen-bond donors (Lipinski definition) is 1. The third-order valence-electron chi connectivity index (χ3n) is 3.94. The first-order valence-corrected chi connectivity index (χ1v) is 8.06. The molecule has 4 rings (SSSR count). The van der Waals surface area contributed by atoms with E-state index < -0.39 is 6.10 Å². The van der Waals surface area contributed by atoms with Gasteiger partial charge in [-0.15, -0.1) is 0 Å². The second-order valence-corrected chi connectivity index (χ2v) is 5.69. The Bertz CT molecular complexity index is 854. The van der Waals surface area contributed by atoms with Gasteiger partial charge in [0.1, 0.15) is 11.4 Å². The molecule has 0 unspecified atom stereocenters. The van der Waals surface area contributed by atoms with Crippen molar-refractivity contribution in [3.8, 4) is 17.3 Å². The highest BCUT2D eigenvalue weighted by Crippen LogP contribution is 2.28. The number of benzene rings is 1. The lowest BCUT2D eigenvalue weighted by molar-refractivity contribution is -0.127. The van der Waals surface area contributed by atoms with Crippen molar-refractivity contribution in [3.63, 3.8) is 0 Å². The van der Waals surface area contributed by atoms with Crippen LogP contribution in [0.5, 0.6) is 5.75 Å². The van der Waals surface area contributed by atoms with E-state index in [0.29, 0.717) is 36.8 Å². The molecule has 3 heterocycles. The van der Waals surface area contributed by atoms with Gasteiger partial charge < -0.3 is 14.6 Å². The van der Waals surface area contributed by atoms with Crippen LogP contribution in [0.3, 0.4) is 0 Å². The number of nitrogens with zero attached hydrogens (tertiary/aromatic N) is 3. The van der Waals surface area contributed by atoms with Gasteiger partial charge in [0, 0.05) is 25.6 Å². The van der Waals surface area contributed by atoms with Crippen LogP contribution >= 0.6 is 0 Å². The molecule has 0 saturated carbocycles. The minimum atomic E-state index is -0.482. The molecular formula is C18H16N4O3. The van der Waals surface area contributed by atoms with Gasteiger partial charge in [-0.25, -0.2) is 0 Å². The Labute approximate surface area is 144 Å². The molecule has 1 aliphatic rings. The fraction of sp³-hybridized carbons (Fsp3) is 0.222. The molecule has 7 heteroatoms.